The average Bonchev–Trinajstić information content (AvgIpc) is 3.18. The molecular formula is C31H29ClN4O2. The lowest BCUT2D eigenvalue weighted by molar-refractivity contribution is 0.0642. The molecule has 2 heterocycles. The highest BCUT2D eigenvalue weighted by Crippen LogP contribution is 2.24. The van der Waals surface area contributed by atoms with E-state index >= 15 is 0 Å². The maximum atomic E-state index is 12.6. The van der Waals surface area contributed by atoms with E-state index in [2.05, 4.69) is 34.2 Å². The summed E-state index contributed by atoms with van der Waals surface area (Å²) in [5.41, 5.74) is 12.4. The van der Waals surface area contributed by atoms with Crippen molar-refractivity contribution in [3.8, 4) is 0 Å². The lowest BCUT2D eigenvalue weighted by atomic mass is 10.0. The van der Waals surface area contributed by atoms with Crippen LogP contribution in [0, 0.1) is 0 Å². The molecule has 0 spiro atoms. The number of amides is 2. The van der Waals surface area contributed by atoms with E-state index in [0.717, 1.165) is 36.1 Å². The van der Waals surface area contributed by atoms with Crippen molar-refractivity contribution in [2.24, 2.45) is 10.7 Å². The van der Waals surface area contributed by atoms with Crippen molar-refractivity contribution < 1.29 is 9.59 Å². The summed E-state index contributed by atoms with van der Waals surface area (Å²) in [6, 6.07) is 29.2. The Balaban J connectivity index is 0.00000336. The van der Waals surface area contributed by atoms with E-state index in [-0.39, 0.29) is 30.8 Å². The normalized spacial score (nSPS) is 12.8. The number of carbonyl (C=O) groups is 2. The minimum atomic E-state index is -0.230. The summed E-state index contributed by atoms with van der Waals surface area (Å²) in [6.45, 7) is 0.881. The molecule has 0 unspecified atom stereocenters. The molecule has 4 aromatic rings. The number of rotatable bonds is 9. The summed E-state index contributed by atoms with van der Waals surface area (Å²) < 4.78 is 0. The van der Waals surface area contributed by atoms with Crippen LogP contribution in [-0.2, 0) is 25.8 Å². The van der Waals surface area contributed by atoms with Crippen LogP contribution in [0.15, 0.2) is 102 Å². The number of hydrogen-bond acceptors (Lipinski definition) is 4. The first kappa shape index (κ1) is 26.8. The number of pyridine rings is 1. The fraction of sp³-hybridized carbons (Fsp3) is 0.161. The van der Waals surface area contributed by atoms with Gasteiger partial charge in [-0.1, -0.05) is 66.7 Å². The van der Waals surface area contributed by atoms with Gasteiger partial charge in [0.25, 0.3) is 11.8 Å². The molecule has 38 heavy (non-hydrogen) atoms. The molecule has 3 aromatic carbocycles. The Labute approximate surface area is 228 Å². The molecule has 0 saturated heterocycles. The highest BCUT2D eigenvalue weighted by atomic mass is 35.5. The highest BCUT2D eigenvalue weighted by Gasteiger charge is 2.34. The quantitative estimate of drug-likeness (QED) is 0.189. The van der Waals surface area contributed by atoms with Crippen LogP contribution >= 0.6 is 12.4 Å². The molecule has 2 N–H and O–H groups in total. The molecule has 0 bridgehead atoms. The average molecular weight is 525 g/mol. The summed E-state index contributed by atoms with van der Waals surface area (Å²) in [5, 5.41) is 0. The third-order valence-electron chi connectivity index (χ3n) is 6.57. The van der Waals surface area contributed by atoms with E-state index in [1.807, 2.05) is 42.5 Å². The molecule has 2 amide bonds. The summed E-state index contributed by atoms with van der Waals surface area (Å²) in [5.74, 6) is 0.0788. The summed E-state index contributed by atoms with van der Waals surface area (Å²) >= 11 is 0. The maximum Gasteiger partial charge on any atom is 0.261 e. The predicted molar refractivity (Wildman–Crippen MR) is 152 cm³/mol. The van der Waals surface area contributed by atoms with Crippen molar-refractivity contribution in [1.29, 1.82) is 0 Å². The minimum absolute atomic E-state index is 0. The van der Waals surface area contributed by atoms with Crippen molar-refractivity contribution in [2.45, 2.75) is 25.8 Å². The zero-order valence-electron chi connectivity index (χ0n) is 20.9. The van der Waals surface area contributed by atoms with E-state index in [4.69, 9.17) is 5.73 Å². The van der Waals surface area contributed by atoms with Crippen LogP contribution in [0.1, 0.15) is 48.7 Å². The van der Waals surface area contributed by atoms with Gasteiger partial charge in [-0.2, -0.15) is 0 Å². The topological polar surface area (TPSA) is 88.7 Å². The van der Waals surface area contributed by atoms with Crippen LogP contribution < -0.4 is 5.73 Å². The van der Waals surface area contributed by atoms with Crippen LogP contribution in [0.2, 0.25) is 0 Å². The number of amidine groups is 1. The third-order valence-corrected chi connectivity index (χ3v) is 6.57. The smallest absolute Gasteiger partial charge is 0.261 e. The molecule has 192 valence electrons. The molecule has 0 atom stereocenters. The number of hydrogen-bond donors (Lipinski definition) is 1. The molecule has 5 rings (SSSR count). The second kappa shape index (κ2) is 12.3. The van der Waals surface area contributed by atoms with E-state index in [1.165, 1.54) is 16.0 Å². The second-order valence-electron chi connectivity index (χ2n) is 9.09. The predicted octanol–water partition coefficient (Wildman–Crippen LogP) is 5.03. The summed E-state index contributed by atoms with van der Waals surface area (Å²) in [4.78, 5) is 35.3. The molecule has 7 heteroatoms. The number of imide groups is 1. The largest absolute Gasteiger partial charge is 0.384 e. The zero-order chi connectivity index (χ0) is 25.6. The first-order valence-electron chi connectivity index (χ1n) is 12.4. The first-order chi connectivity index (χ1) is 18.1. The zero-order valence-corrected chi connectivity index (χ0v) is 21.7. The van der Waals surface area contributed by atoms with Gasteiger partial charge in [-0.05, 0) is 53.8 Å². The van der Waals surface area contributed by atoms with Crippen molar-refractivity contribution >= 4 is 30.1 Å². The van der Waals surface area contributed by atoms with Crippen molar-refractivity contribution in [3.63, 3.8) is 0 Å². The van der Waals surface area contributed by atoms with E-state index in [1.54, 1.807) is 30.5 Å². The van der Waals surface area contributed by atoms with Gasteiger partial charge in [0.2, 0.25) is 0 Å². The summed E-state index contributed by atoms with van der Waals surface area (Å²) in [6.07, 6.45) is 4.33. The molecule has 0 radical (unpaired) electrons. The number of nitrogens with zero attached hydrogens (tertiary/aromatic N) is 3. The number of halogens is 1. The number of nitrogens with two attached hydrogens (primary N) is 1. The lowest BCUT2D eigenvalue weighted by Gasteiger charge is -2.14. The van der Waals surface area contributed by atoms with Gasteiger partial charge in [-0.25, -0.2) is 0 Å². The van der Waals surface area contributed by atoms with Gasteiger partial charge in [0, 0.05) is 30.4 Å². The SMILES string of the molecule is Cl.NC(=NCCc1ccccn1)c1ccc(CCc2ccc(CN3C(=O)c4ccccc4C3=O)cc2)cc1. The number of aryl methyl sites for hydroxylation is 2. The van der Waals surface area contributed by atoms with Gasteiger partial charge >= 0.3 is 0 Å². The Bertz CT molecular complexity index is 1400. The van der Waals surface area contributed by atoms with Gasteiger partial charge in [0.05, 0.1) is 17.7 Å². The van der Waals surface area contributed by atoms with Crippen LogP contribution in [0.5, 0.6) is 0 Å². The number of aromatic nitrogens is 1. The molecular weight excluding hydrogens is 496 g/mol. The van der Waals surface area contributed by atoms with Crippen molar-refractivity contribution in [2.75, 3.05) is 6.54 Å². The number of benzene rings is 3. The molecule has 1 aromatic heterocycles. The van der Waals surface area contributed by atoms with Gasteiger partial charge in [0.1, 0.15) is 5.84 Å². The highest BCUT2D eigenvalue weighted by molar-refractivity contribution is 6.21. The fourth-order valence-electron chi connectivity index (χ4n) is 4.44. The van der Waals surface area contributed by atoms with Gasteiger partial charge < -0.3 is 5.73 Å². The summed E-state index contributed by atoms with van der Waals surface area (Å²) in [7, 11) is 0. The number of aliphatic imine (C=N–C) groups is 1. The molecule has 0 fully saturated rings. The van der Waals surface area contributed by atoms with Gasteiger partial charge in [0.15, 0.2) is 0 Å². The van der Waals surface area contributed by atoms with Gasteiger partial charge in [-0.15, -0.1) is 12.4 Å². The Morgan fingerprint density at radius 3 is 1.84 bits per heavy atom. The molecule has 1 aliphatic rings. The Kier molecular flexibility index (Phi) is 8.66. The number of carbonyl (C=O) groups excluding carboxylic acids is 2. The molecule has 6 nitrogen and oxygen atoms in total. The molecule has 1 aliphatic heterocycles. The fourth-order valence-corrected chi connectivity index (χ4v) is 4.44. The third kappa shape index (κ3) is 6.15. The van der Waals surface area contributed by atoms with Crippen LogP contribution in [0.4, 0.5) is 0 Å². The standard InChI is InChI=1S/C31H28N4O2.ClH/c32-29(34-20-18-26-5-3-4-19-33-26)25-16-14-23(15-17-25)9-8-22-10-12-24(13-11-22)21-35-30(36)27-6-1-2-7-28(27)31(35)37;/h1-7,10-17,19H,8-9,18,20-21H2,(H2,32,34);1H. The van der Waals surface area contributed by atoms with Crippen molar-refractivity contribution in [1.82, 2.24) is 9.88 Å². The van der Waals surface area contributed by atoms with E-state index < -0.39 is 0 Å². The molecule has 0 aliphatic carbocycles. The van der Waals surface area contributed by atoms with Crippen molar-refractivity contribution in [3.05, 3.63) is 136 Å². The van der Waals surface area contributed by atoms with E-state index in [9.17, 15) is 9.59 Å². The minimum Gasteiger partial charge on any atom is -0.384 e. The Morgan fingerprint density at radius 2 is 1.26 bits per heavy atom. The monoisotopic (exact) mass is 524 g/mol. The van der Waals surface area contributed by atoms with Gasteiger partial charge in [-0.3, -0.25) is 24.5 Å². The number of fused-ring (bicyclic) bond motifs is 1. The van der Waals surface area contributed by atoms with Crippen LogP contribution in [0.3, 0.4) is 0 Å². The Morgan fingerprint density at radius 1 is 0.711 bits per heavy atom. The van der Waals surface area contributed by atoms with Crippen LogP contribution in [-0.4, -0.2) is 34.1 Å². The first-order valence-corrected chi connectivity index (χ1v) is 12.4. The van der Waals surface area contributed by atoms with Crippen LogP contribution in [0.25, 0.3) is 0 Å². The maximum absolute atomic E-state index is 12.6. The lowest BCUT2D eigenvalue weighted by Crippen LogP contribution is -2.29. The molecule has 0 saturated carbocycles. The van der Waals surface area contributed by atoms with E-state index in [0.29, 0.717) is 23.5 Å². The second-order valence-corrected chi connectivity index (χ2v) is 9.09. The Hall–Kier alpha value is -4.29.